The Balaban J connectivity index is 2.54. The number of aliphatic hydroxyl groups is 4. The average molecular weight is 260 g/mol. The Morgan fingerprint density at radius 2 is 1.89 bits per heavy atom. The van der Waals surface area contributed by atoms with Gasteiger partial charge in [-0.1, -0.05) is 12.2 Å². The molecule has 6 nitrogen and oxygen atoms in total. The first-order valence-corrected chi connectivity index (χ1v) is 5.81. The van der Waals surface area contributed by atoms with Crippen LogP contribution in [0.2, 0.25) is 0 Å². The van der Waals surface area contributed by atoms with Crippen molar-refractivity contribution in [1.29, 1.82) is 0 Å². The zero-order chi connectivity index (χ0) is 13.5. The number of hydrogen-bond acceptors (Lipinski definition) is 6. The van der Waals surface area contributed by atoms with Crippen molar-refractivity contribution >= 4 is 0 Å². The molecule has 18 heavy (non-hydrogen) atoms. The lowest BCUT2D eigenvalue weighted by Crippen LogP contribution is -2.56. The van der Waals surface area contributed by atoms with Crippen LogP contribution < -0.4 is 0 Å². The molecular formula is C12H20O6. The molecule has 1 saturated heterocycles. The van der Waals surface area contributed by atoms with E-state index in [1.54, 1.807) is 12.2 Å². The molecule has 0 aromatic heterocycles. The SMILES string of the molecule is C/C=C/C=C/OC[C@@H]1[C@@H](O)[C@H](O)[C@@H](O)O[C@@H]1CO. The molecule has 1 aliphatic heterocycles. The molecule has 1 fully saturated rings. The summed E-state index contributed by atoms with van der Waals surface area (Å²) in [6.07, 6.45) is 1.85. The van der Waals surface area contributed by atoms with Crippen molar-refractivity contribution in [3.05, 3.63) is 24.5 Å². The maximum absolute atomic E-state index is 9.79. The first-order chi connectivity index (χ1) is 8.61. The van der Waals surface area contributed by atoms with E-state index in [9.17, 15) is 15.3 Å². The lowest BCUT2D eigenvalue weighted by Gasteiger charge is -2.39. The summed E-state index contributed by atoms with van der Waals surface area (Å²) in [5.41, 5.74) is 0. The molecule has 6 heteroatoms. The Hall–Kier alpha value is -0.920. The molecule has 0 bridgehead atoms. The van der Waals surface area contributed by atoms with E-state index in [0.29, 0.717) is 0 Å². The van der Waals surface area contributed by atoms with E-state index in [2.05, 4.69) is 0 Å². The second-order valence-corrected chi connectivity index (χ2v) is 4.08. The van der Waals surface area contributed by atoms with Gasteiger partial charge in [-0.25, -0.2) is 0 Å². The highest BCUT2D eigenvalue weighted by Gasteiger charge is 2.43. The highest BCUT2D eigenvalue weighted by atomic mass is 16.6. The van der Waals surface area contributed by atoms with Crippen LogP contribution in [0.3, 0.4) is 0 Å². The van der Waals surface area contributed by atoms with E-state index in [1.807, 2.05) is 13.0 Å². The lowest BCUT2D eigenvalue weighted by molar-refractivity contribution is -0.277. The third-order valence-electron chi connectivity index (χ3n) is 2.82. The zero-order valence-corrected chi connectivity index (χ0v) is 10.2. The van der Waals surface area contributed by atoms with Gasteiger partial charge in [-0.05, 0) is 13.0 Å². The second kappa shape index (κ2) is 7.50. The van der Waals surface area contributed by atoms with Crippen LogP contribution in [0.25, 0.3) is 0 Å². The molecule has 1 rings (SSSR count). The van der Waals surface area contributed by atoms with Crippen molar-refractivity contribution in [1.82, 2.24) is 0 Å². The fourth-order valence-electron chi connectivity index (χ4n) is 1.77. The van der Waals surface area contributed by atoms with E-state index < -0.39 is 30.5 Å². The van der Waals surface area contributed by atoms with Crippen LogP contribution in [-0.2, 0) is 9.47 Å². The maximum atomic E-state index is 9.79. The molecular weight excluding hydrogens is 240 g/mol. The number of rotatable bonds is 5. The van der Waals surface area contributed by atoms with Crippen molar-refractivity contribution < 1.29 is 29.9 Å². The van der Waals surface area contributed by atoms with Gasteiger partial charge in [-0.2, -0.15) is 0 Å². The highest BCUT2D eigenvalue weighted by Crippen LogP contribution is 2.25. The van der Waals surface area contributed by atoms with Gasteiger partial charge in [-0.15, -0.1) is 0 Å². The van der Waals surface area contributed by atoms with Crippen molar-refractivity contribution in [2.75, 3.05) is 13.2 Å². The Morgan fingerprint density at radius 3 is 2.50 bits per heavy atom. The molecule has 1 aliphatic rings. The molecule has 0 saturated carbocycles. The smallest absolute Gasteiger partial charge is 0.183 e. The van der Waals surface area contributed by atoms with Crippen molar-refractivity contribution in [3.63, 3.8) is 0 Å². The van der Waals surface area contributed by atoms with Gasteiger partial charge in [0.15, 0.2) is 6.29 Å². The fourth-order valence-corrected chi connectivity index (χ4v) is 1.77. The Morgan fingerprint density at radius 1 is 1.17 bits per heavy atom. The summed E-state index contributed by atoms with van der Waals surface area (Å²) in [6.45, 7) is 1.57. The fraction of sp³-hybridized carbons (Fsp3) is 0.667. The minimum absolute atomic E-state index is 0.0736. The summed E-state index contributed by atoms with van der Waals surface area (Å²) in [4.78, 5) is 0. The Labute approximate surface area is 106 Å². The average Bonchev–Trinajstić information content (AvgIpc) is 2.37. The van der Waals surface area contributed by atoms with Crippen LogP contribution in [0.5, 0.6) is 0 Å². The van der Waals surface area contributed by atoms with Crippen LogP contribution in [-0.4, -0.2) is 58.2 Å². The summed E-state index contributed by atoms with van der Waals surface area (Å²) in [5.74, 6) is -0.608. The molecule has 0 aromatic carbocycles. The van der Waals surface area contributed by atoms with E-state index in [0.717, 1.165) is 0 Å². The van der Waals surface area contributed by atoms with Crippen molar-refractivity contribution in [2.24, 2.45) is 5.92 Å². The summed E-state index contributed by atoms with van der Waals surface area (Å²) in [7, 11) is 0. The second-order valence-electron chi connectivity index (χ2n) is 4.08. The molecule has 0 aliphatic carbocycles. The number of ether oxygens (including phenoxy) is 2. The van der Waals surface area contributed by atoms with Crippen LogP contribution >= 0.6 is 0 Å². The van der Waals surface area contributed by atoms with E-state index in [1.165, 1.54) is 6.26 Å². The summed E-state index contributed by atoms with van der Waals surface area (Å²) >= 11 is 0. The quantitative estimate of drug-likeness (QED) is 0.379. The molecule has 0 amide bonds. The van der Waals surface area contributed by atoms with Gasteiger partial charge in [0, 0.05) is 0 Å². The molecule has 0 spiro atoms. The van der Waals surface area contributed by atoms with E-state index in [4.69, 9.17) is 14.6 Å². The molecule has 104 valence electrons. The van der Waals surface area contributed by atoms with Crippen LogP contribution in [0, 0.1) is 5.92 Å². The first kappa shape index (κ1) is 15.1. The zero-order valence-electron chi connectivity index (χ0n) is 10.2. The molecule has 1 heterocycles. The van der Waals surface area contributed by atoms with Gasteiger partial charge < -0.3 is 29.9 Å². The van der Waals surface area contributed by atoms with E-state index in [-0.39, 0.29) is 13.2 Å². The van der Waals surface area contributed by atoms with Crippen molar-refractivity contribution in [2.45, 2.75) is 31.5 Å². The monoisotopic (exact) mass is 260 g/mol. The number of aliphatic hydroxyl groups excluding tert-OH is 4. The third kappa shape index (κ3) is 3.79. The van der Waals surface area contributed by atoms with E-state index >= 15 is 0 Å². The van der Waals surface area contributed by atoms with Gasteiger partial charge >= 0.3 is 0 Å². The molecule has 0 unspecified atom stereocenters. The Bertz CT molecular complexity index is 288. The first-order valence-electron chi connectivity index (χ1n) is 5.81. The predicted octanol–water partition coefficient (Wildman–Crippen LogP) is -0.860. The van der Waals surface area contributed by atoms with Crippen LogP contribution in [0.15, 0.2) is 24.5 Å². The van der Waals surface area contributed by atoms with Crippen LogP contribution in [0.1, 0.15) is 6.92 Å². The highest BCUT2D eigenvalue weighted by molar-refractivity contribution is 4.98. The minimum Gasteiger partial charge on any atom is -0.501 e. The topological polar surface area (TPSA) is 99.4 Å². The lowest BCUT2D eigenvalue weighted by atomic mass is 9.90. The predicted molar refractivity (Wildman–Crippen MR) is 63.4 cm³/mol. The van der Waals surface area contributed by atoms with Gasteiger partial charge in [0.05, 0.1) is 37.6 Å². The maximum Gasteiger partial charge on any atom is 0.183 e. The minimum atomic E-state index is -1.49. The largest absolute Gasteiger partial charge is 0.501 e. The van der Waals surface area contributed by atoms with Crippen molar-refractivity contribution in [3.8, 4) is 0 Å². The third-order valence-corrected chi connectivity index (χ3v) is 2.82. The van der Waals surface area contributed by atoms with Gasteiger partial charge in [0.2, 0.25) is 0 Å². The molecule has 4 N–H and O–H groups in total. The number of allylic oxidation sites excluding steroid dienone is 3. The summed E-state index contributed by atoms with van der Waals surface area (Å²) in [6, 6.07) is 0. The number of hydrogen-bond donors (Lipinski definition) is 4. The molecule has 5 atom stereocenters. The van der Waals surface area contributed by atoms with Gasteiger partial charge in [0.25, 0.3) is 0 Å². The standard InChI is InChI=1S/C12H20O6/c1-2-3-4-5-17-7-8-9(6-13)18-12(16)11(15)10(8)14/h2-5,8-16H,6-7H2,1H3/b3-2+,5-4+/t8-,9+,10+,11-,12-/m0/s1. The summed E-state index contributed by atoms with van der Waals surface area (Å²) < 4.78 is 10.2. The molecule has 0 aromatic rings. The Kier molecular flexibility index (Phi) is 6.31. The van der Waals surface area contributed by atoms with Gasteiger partial charge in [-0.3, -0.25) is 0 Å². The molecule has 0 radical (unpaired) electrons. The van der Waals surface area contributed by atoms with Gasteiger partial charge in [0.1, 0.15) is 6.10 Å². The summed E-state index contributed by atoms with van der Waals surface area (Å²) in [5, 5.41) is 37.7. The normalized spacial score (nSPS) is 37.5. The van der Waals surface area contributed by atoms with Crippen LogP contribution in [0.4, 0.5) is 0 Å².